The van der Waals surface area contributed by atoms with E-state index < -0.39 is 0 Å². The van der Waals surface area contributed by atoms with Crippen LogP contribution < -0.4 is 5.73 Å². The van der Waals surface area contributed by atoms with Gasteiger partial charge in [0.1, 0.15) is 0 Å². The maximum atomic E-state index is 5.49. The molecule has 1 rings (SSSR count). The molecule has 0 radical (unpaired) electrons. The lowest BCUT2D eigenvalue weighted by Gasteiger charge is -1.99. The van der Waals surface area contributed by atoms with Gasteiger partial charge in [-0.3, -0.25) is 4.68 Å². The number of aryl methyl sites for hydroxylation is 1. The molecule has 13 heavy (non-hydrogen) atoms. The molecule has 0 saturated heterocycles. The lowest BCUT2D eigenvalue weighted by molar-refractivity contribution is 0.541. The summed E-state index contributed by atoms with van der Waals surface area (Å²) in [4.78, 5) is 0. The van der Waals surface area contributed by atoms with Gasteiger partial charge in [0, 0.05) is 24.8 Å². The Kier molecular flexibility index (Phi) is 4.54. The van der Waals surface area contributed by atoms with Gasteiger partial charge in [-0.1, -0.05) is 26.2 Å². The van der Waals surface area contributed by atoms with Crippen LogP contribution in [0.1, 0.15) is 38.2 Å². The van der Waals surface area contributed by atoms with E-state index in [1.165, 1.54) is 25.7 Å². The molecule has 3 nitrogen and oxygen atoms in total. The highest BCUT2D eigenvalue weighted by molar-refractivity contribution is 5.02. The van der Waals surface area contributed by atoms with Crippen LogP contribution >= 0.6 is 0 Å². The van der Waals surface area contributed by atoms with E-state index in [1.54, 1.807) is 0 Å². The first-order chi connectivity index (χ1) is 6.36. The van der Waals surface area contributed by atoms with E-state index in [9.17, 15) is 0 Å². The summed E-state index contributed by atoms with van der Waals surface area (Å²) in [5.41, 5.74) is 6.61. The number of hydrogen-bond donors (Lipinski definition) is 1. The van der Waals surface area contributed by atoms with Crippen molar-refractivity contribution in [3.63, 3.8) is 0 Å². The predicted octanol–water partition coefficient (Wildman–Crippen LogP) is 1.92. The maximum Gasteiger partial charge on any atom is 0.0534 e. The summed E-state index contributed by atoms with van der Waals surface area (Å²) < 4.78 is 1.98. The molecule has 0 amide bonds. The van der Waals surface area contributed by atoms with Crippen molar-refractivity contribution in [2.45, 2.75) is 45.7 Å². The molecule has 0 aromatic carbocycles. The molecule has 0 unspecified atom stereocenters. The van der Waals surface area contributed by atoms with Crippen molar-refractivity contribution in [1.82, 2.24) is 9.78 Å². The Morgan fingerprint density at radius 2 is 2.23 bits per heavy atom. The molecule has 0 saturated carbocycles. The number of nitrogens with zero attached hydrogens (tertiary/aromatic N) is 2. The van der Waals surface area contributed by atoms with Crippen LogP contribution in [0.4, 0.5) is 0 Å². The molecule has 74 valence electrons. The number of rotatable bonds is 6. The SMILES string of the molecule is CCCCCCn1cc(CN)cn1. The Labute approximate surface area is 79.9 Å². The van der Waals surface area contributed by atoms with Crippen LogP contribution in [0.25, 0.3) is 0 Å². The van der Waals surface area contributed by atoms with E-state index in [4.69, 9.17) is 5.73 Å². The van der Waals surface area contributed by atoms with Crippen LogP contribution in [0.2, 0.25) is 0 Å². The van der Waals surface area contributed by atoms with Crippen LogP contribution in [-0.4, -0.2) is 9.78 Å². The second-order valence-electron chi connectivity index (χ2n) is 3.38. The fourth-order valence-electron chi connectivity index (χ4n) is 1.33. The van der Waals surface area contributed by atoms with E-state index in [0.29, 0.717) is 6.54 Å². The number of nitrogens with two attached hydrogens (primary N) is 1. The maximum absolute atomic E-state index is 5.49. The lowest BCUT2D eigenvalue weighted by atomic mass is 10.2. The molecule has 0 aliphatic rings. The van der Waals surface area contributed by atoms with Gasteiger partial charge in [0.2, 0.25) is 0 Å². The minimum atomic E-state index is 0.592. The molecular weight excluding hydrogens is 162 g/mol. The summed E-state index contributed by atoms with van der Waals surface area (Å²) in [5.74, 6) is 0. The van der Waals surface area contributed by atoms with E-state index in [2.05, 4.69) is 12.0 Å². The smallest absolute Gasteiger partial charge is 0.0534 e. The van der Waals surface area contributed by atoms with Crippen molar-refractivity contribution in [1.29, 1.82) is 0 Å². The molecule has 1 aromatic rings. The summed E-state index contributed by atoms with van der Waals surface area (Å²) in [7, 11) is 0. The molecule has 1 heterocycles. The number of aromatic nitrogens is 2. The molecule has 3 heteroatoms. The first-order valence-electron chi connectivity index (χ1n) is 5.08. The minimum Gasteiger partial charge on any atom is -0.326 e. The van der Waals surface area contributed by atoms with Crippen LogP contribution in [0.3, 0.4) is 0 Å². The van der Waals surface area contributed by atoms with Crippen LogP contribution in [0.15, 0.2) is 12.4 Å². The molecule has 0 aliphatic heterocycles. The van der Waals surface area contributed by atoms with Gasteiger partial charge in [-0.2, -0.15) is 5.10 Å². The molecule has 2 N–H and O–H groups in total. The van der Waals surface area contributed by atoms with Crippen molar-refractivity contribution >= 4 is 0 Å². The monoisotopic (exact) mass is 181 g/mol. The van der Waals surface area contributed by atoms with Gasteiger partial charge >= 0.3 is 0 Å². The van der Waals surface area contributed by atoms with Crippen LogP contribution in [-0.2, 0) is 13.1 Å². The van der Waals surface area contributed by atoms with E-state index >= 15 is 0 Å². The molecule has 0 fully saturated rings. The molecular formula is C10H19N3. The zero-order valence-corrected chi connectivity index (χ0v) is 8.37. The topological polar surface area (TPSA) is 43.8 Å². The van der Waals surface area contributed by atoms with Crippen LogP contribution in [0, 0.1) is 0 Å². The third-order valence-corrected chi connectivity index (χ3v) is 2.16. The summed E-state index contributed by atoms with van der Waals surface area (Å²) in [5, 5.41) is 4.22. The first-order valence-corrected chi connectivity index (χ1v) is 5.08. The van der Waals surface area contributed by atoms with Crippen molar-refractivity contribution in [3.05, 3.63) is 18.0 Å². The number of hydrogen-bond acceptors (Lipinski definition) is 2. The largest absolute Gasteiger partial charge is 0.326 e. The fourth-order valence-corrected chi connectivity index (χ4v) is 1.33. The van der Waals surface area contributed by atoms with Gasteiger partial charge in [-0.15, -0.1) is 0 Å². The average Bonchev–Trinajstić information content (AvgIpc) is 2.60. The third-order valence-electron chi connectivity index (χ3n) is 2.16. The Morgan fingerprint density at radius 1 is 1.38 bits per heavy atom. The zero-order valence-electron chi connectivity index (χ0n) is 8.37. The second-order valence-corrected chi connectivity index (χ2v) is 3.38. The Morgan fingerprint density at radius 3 is 2.85 bits per heavy atom. The lowest BCUT2D eigenvalue weighted by Crippen LogP contribution is -1.98. The van der Waals surface area contributed by atoms with Crippen molar-refractivity contribution < 1.29 is 0 Å². The summed E-state index contributed by atoms with van der Waals surface area (Å²) in [6.07, 6.45) is 9.01. The van der Waals surface area contributed by atoms with Crippen molar-refractivity contribution in [2.75, 3.05) is 0 Å². The van der Waals surface area contributed by atoms with E-state index in [1.807, 2.05) is 17.1 Å². The van der Waals surface area contributed by atoms with E-state index in [0.717, 1.165) is 12.1 Å². The number of unbranched alkanes of at least 4 members (excludes halogenated alkanes) is 3. The van der Waals surface area contributed by atoms with Gasteiger partial charge in [-0.25, -0.2) is 0 Å². The standard InChI is InChI=1S/C10H19N3/c1-2-3-4-5-6-13-9-10(7-11)8-12-13/h8-9H,2-7,11H2,1H3. The quantitative estimate of drug-likeness (QED) is 0.681. The Balaban J connectivity index is 2.20. The third kappa shape index (κ3) is 3.59. The highest BCUT2D eigenvalue weighted by Gasteiger charge is 1.95. The van der Waals surface area contributed by atoms with Crippen molar-refractivity contribution in [3.8, 4) is 0 Å². The molecule has 1 aromatic heterocycles. The molecule has 0 spiro atoms. The fraction of sp³-hybridized carbons (Fsp3) is 0.700. The van der Waals surface area contributed by atoms with Gasteiger partial charge in [0.15, 0.2) is 0 Å². The van der Waals surface area contributed by atoms with Gasteiger partial charge in [-0.05, 0) is 6.42 Å². The van der Waals surface area contributed by atoms with Gasteiger partial charge in [0.05, 0.1) is 6.20 Å². The molecule has 0 bridgehead atoms. The molecule has 0 atom stereocenters. The highest BCUT2D eigenvalue weighted by Crippen LogP contribution is 2.02. The second kappa shape index (κ2) is 5.75. The van der Waals surface area contributed by atoms with Gasteiger partial charge < -0.3 is 5.73 Å². The summed E-state index contributed by atoms with van der Waals surface area (Å²) in [6, 6.07) is 0. The highest BCUT2D eigenvalue weighted by atomic mass is 15.3. The van der Waals surface area contributed by atoms with Gasteiger partial charge in [0.25, 0.3) is 0 Å². The Hall–Kier alpha value is -0.830. The minimum absolute atomic E-state index is 0.592. The molecule has 0 aliphatic carbocycles. The average molecular weight is 181 g/mol. The Bertz CT molecular complexity index is 230. The summed E-state index contributed by atoms with van der Waals surface area (Å²) in [6.45, 7) is 3.84. The van der Waals surface area contributed by atoms with Crippen LogP contribution in [0.5, 0.6) is 0 Å². The normalized spacial score (nSPS) is 10.6. The first kappa shape index (κ1) is 10.3. The predicted molar refractivity (Wildman–Crippen MR) is 54.3 cm³/mol. The zero-order chi connectivity index (χ0) is 9.52. The van der Waals surface area contributed by atoms with Crippen molar-refractivity contribution in [2.24, 2.45) is 5.73 Å². The summed E-state index contributed by atoms with van der Waals surface area (Å²) >= 11 is 0. The van der Waals surface area contributed by atoms with E-state index in [-0.39, 0.29) is 0 Å².